The van der Waals surface area contributed by atoms with Crippen LogP contribution in [0.25, 0.3) is 5.65 Å². The Bertz CT molecular complexity index is 1320. The number of carbonyl (C=O) groups excluding carboxylic acids is 1. The Kier molecular flexibility index (Phi) is 6.09. The van der Waals surface area contributed by atoms with Gasteiger partial charge in [0.2, 0.25) is 0 Å². The Morgan fingerprint density at radius 1 is 1.19 bits per heavy atom. The number of ether oxygens (including phenoxy) is 2. The Hall–Kier alpha value is -2.75. The van der Waals surface area contributed by atoms with Crippen molar-refractivity contribution < 1.29 is 18.7 Å². The summed E-state index contributed by atoms with van der Waals surface area (Å²) in [5.41, 5.74) is 4.17. The monoisotopic (exact) mass is 513 g/mol. The van der Waals surface area contributed by atoms with Crippen molar-refractivity contribution in [2.45, 2.75) is 57.3 Å². The second-order valence-electron chi connectivity index (χ2n) is 9.92. The van der Waals surface area contributed by atoms with Crippen molar-refractivity contribution in [1.29, 1.82) is 0 Å². The molecule has 0 N–H and O–H groups in total. The molecule has 2 saturated heterocycles. The molecule has 3 aliphatic heterocycles. The number of likely N-dealkylation sites (tertiary alicyclic amines) is 1. The molecule has 0 bridgehead atoms. The number of carbonyl (C=O) groups is 1. The number of fused-ring (bicyclic) bond motifs is 3. The molecular formula is C26H29ClFN5O3. The van der Waals surface area contributed by atoms with Gasteiger partial charge in [0, 0.05) is 55.4 Å². The fraction of sp³-hybridized carbons (Fsp3) is 0.500. The first-order valence-electron chi connectivity index (χ1n) is 12.5. The van der Waals surface area contributed by atoms with Crippen LogP contribution < -0.4 is 9.64 Å². The molecule has 0 aliphatic carbocycles. The van der Waals surface area contributed by atoms with Crippen LogP contribution in [-0.4, -0.2) is 64.2 Å². The summed E-state index contributed by atoms with van der Waals surface area (Å²) in [7, 11) is 0. The SMILES string of the molecule is Cc1cc(C)n2nc3c(c2n1)CN(c1cc(F)cc(O[C@H]2CCN(C4CCOCC4)C2)c1C=O)C3Cl. The third-order valence-corrected chi connectivity index (χ3v) is 7.98. The standard InChI is InChI=1S/C26H29ClFN5O3/c1-15-9-16(2)33-26(29-15)20-13-32(25(27)24(20)30-33)22-10-17(28)11-23(21(22)14-34)36-19-3-6-31(12-19)18-4-7-35-8-5-18/h9-11,14,18-19,25H,3-8,12-13H2,1-2H3/t19-,25?/m0/s1. The van der Waals surface area contributed by atoms with E-state index in [1.54, 1.807) is 9.42 Å². The Balaban J connectivity index is 1.27. The average molecular weight is 514 g/mol. The number of hydrogen-bond acceptors (Lipinski definition) is 7. The molecule has 36 heavy (non-hydrogen) atoms. The molecule has 2 aromatic heterocycles. The van der Waals surface area contributed by atoms with Crippen LogP contribution in [0.5, 0.6) is 5.75 Å². The Morgan fingerprint density at radius 3 is 2.78 bits per heavy atom. The summed E-state index contributed by atoms with van der Waals surface area (Å²) in [6.07, 6.45) is 3.48. The van der Waals surface area contributed by atoms with Crippen LogP contribution in [0.3, 0.4) is 0 Å². The summed E-state index contributed by atoms with van der Waals surface area (Å²) in [4.78, 5) is 21.2. The quantitative estimate of drug-likeness (QED) is 0.288. The first-order valence-corrected chi connectivity index (χ1v) is 12.9. The van der Waals surface area contributed by atoms with E-state index in [1.165, 1.54) is 12.1 Å². The van der Waals surface area contributed by atoms with Crippen LogP contribution in [0.1, 0.15) is 57.8 Å². The van der Waals surface area contributed by atoms with Crippen LogP contribution in [0.15, 0.2) is 18.2 Å². The van der Waals surface area contributed by atoms with Gasteiger partial charge in [-0.1, -0.05) is 11.6 Å². The number of hydrogen-bond donors (Lipinski definition) is 0. The fourth-order valence-electron chi connectivity index (χ4n) is 5.77. The molecule has 3 aromatic rings. The van der Waals surface area contributed by atoms with Crippen molar-refractivity contribution in [2.75, 3.05) is 31.2 Å². The summed E-state index contributed by atoms with van der Waals surface area (Å²) in [6, 6.07) is 5.10. The van der Waals surface area contributed by atoms with Gasteiger partial charge in [0.15, 0.2) is 11.9 Å². The second kappa shape index (κ2) is 9.28. The minimum Gasteiger partial charge on any atom is -0.488 e. The number of aryl methyl sites for hydroxylation is 2. The van der Waals surface area contributed by atoms with Crippen LogP contribution >= 0.6 is 11.6 Å². The van der Waals surface area contributed by atoms with Crippen LogP contribution in [0.4, 0.5) is 10.1 Å². The first-order chi connectivity index (χ1) is 17.4. The number of rotatable bonds is 5. The van der Waals surface area contributed by atoms with Gasteiger partial charge in [0.25, 0.3) is 0 Å². The lowest BCUT2D eigenvalue weighted by atomic mass is 10.1. The maximum absolute atomic E-state index is 14.9. The largest absolute Gasteiger partial charge is 0.488 e. The molecule has 10 heteroatoms. The fourth-order valence-corrected chi connectivity index (χ4v) is 6.12. The smallest absolute Gasteiger partial charge is 0.160 e. The van der Waals surface area contributed by atoms with Gasteiger partial charge in [-0.15, -0.1) is 0 Å². The molecule has 0 amide bonds. The maximum Gasteiger partial charge on any atom is 0.160 e. The minimum absolute atomic E-state index is 0.108. The molecular weight excluding hydrogens is 485 g/mol. The van der Waals surface area contributed by atoms with E-state index in [9.17, 15) is 9.18 Å². The van der Waals surface area contributed by atoms with Gasteiger partial charge in [-0.2, -0.15) is 5.10 Å². The number of nitrogens with zero attached hydrogens (tertiary/aromatic N) is 5. The van der Waals surface area contributed by atoms with Crippen LogP contribution in [0, 0.1) is 19.7 Å². The highest BCUT2D eigenvalue weighted by molar-refractivity contribution is 6.22. The van der Waals surface area contributed by atoms with Crippen molar-refractivity contribution in [1.82, 2.24) is 19.5 Å². The van der Waals surface area contributed by atoms with E-state index in [2.05, 4.69) is 15.0 Å². The van der Waals surface area contributed by atoms with E-state index in [0.717, 1.165) is 74.5 Å². The highest BCUT2D eigenvalue weighted by Crippen LogP contribution is 2.44. The van der Waals surface area contributed by atoms with Gasteiger partial charge in [-0.05, 0) is 45.2 Å². The zero-order valence-electron chi connectivity index (χ0n) is 20.4. The molecule has 2 fully saturated rings. The zero-order valence-corrected chi connectivity index (χ0v) is 21.2. The molecule has 3 aliphatic rings. The third kappa shape index (κ3) is 4.03. The molecule has 8 nitrogen and oxygen atoms in total. The zero-order chi connectivity index (χ0) is 25.0. The van der Waals surface area contributed by atoms with E-state index in [1.807, 2.05) is 19.9 Å². The number of anilines is 1. The van der Waals surface area contributed by atoms with E-state index < -0.39 is 11.3 Å². The predicted octanol–water partition coefficient (Wildman–Crippen LogP) is 4.19. The molecule has 0 spiro atoms. The minimum atomic E-state index is -0.662. The highest BCUT2D eigenvalue weighted by Gasteiger charge is 2.37. The molecule has 6 rings (SSSR count). The van der Waals surface area contributed by atoms with Crippen molar-refractivity contribution >= 4 is 29.2 Å². The molecule has 190 valence electrons. The predicted molar refractivity (Wildman–Crippen MR) is 133 cm³/mol. The molecule has 2 atom stereocenters. The summed E-state index contributed by atoms with van der Waals surface area (Å²) in [5, 5.41) is 4.68. The molecule has 0 saturated carbocycles. The van der Waals surface area contributed by atoms with Gasteiger partial charge >= 0.3 is 0 Å². The van der Waals surface area contributed by atoms with Crippen molar-refractivity contribution in [3.63, 3.8) is 0 Å². The first kappa shape index (κ1) is 23.6. The van der Waals surface area contributed by atoms with Crippen LogP contribution in [-0.2, 0) is 11.3 Å². The van der Waals surface area contributed by atoms with Gasteiger partial charge < -0.3 is 14.4 Å². The van der Waals surface area contributed by atoms with E-state index in [4.69, 9.17) is 21.1 Å². The topological polar surface area (TPSA) is 72.2 Å². The summed E-state index contributed by atoms with van der Waals surface area (Å²) in [5.74, 6) is -0.219. The summed E-state index contributed by atoms with van der Waals surface area (Å²) >= 11 is 6.84. The van der Waals surface area contributed by atoms with Gasteiger partial charge in [0.1, 0.15) is 28.9 Å². The Labute approximate surface area is 213 Å². The molecule has 1 aromatic carbocycles. The summed E-state index contributed by atoms with van der Waals surface area (Å²) in [6.45, 7) is 7.52. The van der Waals surface area contributed by atoms with Gasteiger partial charge in [-0.3, -0.25) is 9.69 Å². The van der Waals surface area contributed by atoms with E-state index in [-0.39, 0.29) is 11.9 Å². The van der Waals surface area contributed by atoms with E-state index >= 15 is 0 Å². The number of alkyl halides is 1. The van der Waals surface area contributed by atoms with Crippen LogP contribution in [0.2, 0.25) is 0 Å². The van der Waals surface area contributed by atoms with Crippen molar-refractivity contribution in [3.8, 4) is 5.75 Å². The second-order valence-corrected chi connectivity index (χ2v) is 10.3. The maximum atomic E-state index is 14.9. The normalized spacial score (nSPS) is 22.9. The van der Waals surface area contributed by atoms with Gasteiger partial charge in [0.05, 0.1) is 17.8 Å². The third-order valence-electron chi connectivity index (χ3n) is 7.54. The number of aromatic nitrogens is 3. The van der Waals surface area contributed by atoms with Crippen molar-refractivity contribution in [2.24, 2.45) is 0 Å². The number of aldehydes is 1. The lowest BCUT2D eigenvalue weighted by Crippen LogP contribution is -2.38. The lowest BCUT2D eigenvalue weighted by Gasteiger charge is -2.31. The average Bonchev–Trinajstić information content (AvgIpc) is 3.55. The molecule has 5 heterocycles. The Morgan fingerprint density at radius 2 is 2.00 bits per heavy atom. The van der Waals surface area contributed by atoms with E-state index in [0.29, 0.717) is 29.5 Å². The number of halogens is 2. The molecule has 1 unspecified atom stereocenters. The molecule has 0 radical (unpaired) electrons. The number of benzene rings is 1. The highest BCUT2D eigenvalue weighted by atomic mass is 35.5. The van der Waals surface area contributed by atoms with Crippen molar-refractivity contribution in [3.05, 3.63) is 52.2 Å². The summed E-state index contributed by atoms with van der Waals surface area (Å²) < 4.78 is 28.4. The lowest BCUT2D eigenvalue weighted by molar-refractivity contribution is 0.0387. The van der Waals surface area contributed by atoms with Gasteiger partial charge in [-0.25, -0.2) is 13.9 Å².